The van der Waals surface area contributed by atoms with Crippen LogP contribution in [0.4, 0.5) is 4.39 Å². The van der Waals surface area contributed by atoms with Crippen molar-refractivity contribution in [2.75, 3.05) is 39.0 Å². The average molecular weight is 423 g/mol. The summed E-state index contributed by atoms with van der Waals surface area (Å²) in [6.45, 7) is 5.80. The van der Waals surface area contributed by atoms with Crippen molar-refractivity contribution < 1.29 is 9.18 Å². The molecule has 0 aliphatic carbocycles. The molecule has 0 bridgehead atoms. The van der Waals surface area contributed by atoms with Crippen molar-refractivity contribution in [3.05, 3.63) is 40.7 Å². The van der Waals surface area contributed by atoms with Crippen molar-refractivity contribution in [1.82, 2.24) is 20.0 Å². The van der Waals surface area contributed by atoms with Gasteiger partial charge in [-0.1, -0.05) is 35.2 Å². The van der Waals surface area contributed by atoms with E-state index >= 15 is 0 Å². The van der Waals surface area contributed by atoms with Crippen LogP contribution in [0, 0.1) is 18.7 Å². The van der Waals surface area contributed by atoms with Gasteiger partial charge in [-0.2, -0.15) is 0 Å². The Kier molecular flexibility index (Phi) is 7.82. The molecule has 2 heterocycles. The third-order valence-electron chi connectivity index (χ3n) is 5.02. The van der Waals surface area contributed by atoms with Crippen LogP contribution in [0.15, 0.2) is 28.6 Å². The van der Waals surface area contributed by atoms with Crippen LogP contribution in [0.1, 0.15) is 23.4 Å². The zero-order chi connectivity index (χ0) is 19.9. The molecule has 152 valence electrons. The molecule has 1 atom stereocenters. The van der Waals surface area contributed by atoms with Crippen LogP contribution in [0.25, 0.3) is 0 Å². The molecule has 8 heteroatoms. The third-order valence-corrected chi connectivity index (χ3v) is 6.97. The van der Waals surface area contributed by atoms with E-state index in [2.05, 4.69) is 15.1 Å². The number of halogens is 1. The highest BCUT2D eigenvalue weighted by Gasteiger charge is 2.22. The molecule has 0 N–H and O–H groups in total. The normalized spacial score (nSPS) is 17.6. The fraction of sp³-hybridized carbons (Fsp3) is 0.550. The lowest BCUT2D eigenvalue weighted by atomic mass is 9.97. The Hall–Kier alpha value is -1.51. The monoisotopic (exact) mass is 422 g/mol. The molecule has 1 unspecified atom stereocenters. The van der Waals surface area contributed by atoms with Gasteiger partial charge >= 0.3 is 0 Å². The lowest BCUT2D eigenvalue weighted by molar-refractivity contribution is -0.127. The van der Waals surface area contributed by atoms with Gasteiger partial charge in [0.2, 0.25) is 5.91 Å². The molecule has 2 aromatic rings. The molecule has 0 radical (unpaired) electrons. The number of benzene rings is 1. The van der Waals surface area contributed by atoms with E-state index in [-0.39, 0.29) is 11.7 Å². The van der Waals surface area contributed by atoms with Gasteiger partial charge in [0.1, 0.15) is 10.8 Å². The highest BCUT2D eigenvalue weighted by atomic mass is 32.2. The largest absolute Gasteiger partial charge is 0.345 e. The smallest absolute Gasteiger partial charge is 0.232 e. The van der Waals surface area contributed by atoms with E-state index in [0.717, 1.165) is 54.8 Å². The van der Waals surface area contributed by atoms with Gasteiger partial charge in [-0.05, 0) is 56.3 Å². The predicted molar refractivity (Wildman–Crippen MR) is 112 cm³/mol. The summed E-state index contributed by atoms with van der Waals surface area (Å²) in [5, 5.41) is 8.96. The maximum atomic E-state index is 13.0. The average Bonchev–Trinajstić information content (AvgIpc) is 3.11. The zero-order valence-electron chi connectivity index (χ0n) is 16.4. The molecular formula is C20H27FN4OS2. The number of carbonyl (C=O) groups excluding carboxylic acids is 1. The minimum atomic E-state index is -0.186. The lowest BCUT2D eigenvalue weighted by Gasteiger charge is -2.34. The first-order valence-electron chi connectivity index (χ1n) is 9.63. The topological polar surface area (TPSA) is 49.3 Å². The van der Waals surface area contributed by atoms with Crippen molar-refractivity contribution in [3.63, 3.8) is 0 Å². The summed E-state index contributed by atoms with van der Waals surface area (Å²) in [5.41, 5.74) is 1.17. The molecule has 1 aliphatic heterocycles. The second kappa shape index (κ2) is 10.3. The highest BCUT2D eigenvalue weighted by Crippen LogP contribution is 2.23. The molecule has 1 fully saturated rings. The summed E-state index contributed by atoms with van der Waals surface area (Å²) in [5.74, 6) is 0.867. The number of carbonyl (C=O) groups is 1. The van der Waals surface area contributed by atoms with E-state index < -0.39 is 0 Å². The number of amides is 1. The maximum absolute atomic E-state index is 13.0. The molecule has 1 amide bonds. The fourth-order valence-electron chi connectivity index (χ4n) is 3.50. The Morgan fingerprint density at radius 3 is 2.86 bits per heavy atom. The van der Waals surface area contributed by atoms with Crippen molar-refractivity contribution in [2.45, 2.75) is 30.5 Å². The van der Waals surface area contributed by atoms with E-state index in [4.69, 9.17) is 0 Å². The molecule has 1 aromatic carbocycles. The Morgan fingerprint density at radius 2 is 2.14 bits per heavy atom. The Balaban J connectivity index is 1.40. The minimum absolute atomic E-state index is 0.140. The van der Waals surface area contributed by atoms with Gasteiger partial charge in [0.15, 0.2) is 4.34 Å². The second-order valence-corrected chi connectivity index (χ2v) is 9.74. The lowest BCUT2D eigenvalue weighted by Crippen LogP contribution is -2.42. The second-order valence-electron chi connectivity index (χ2n) is 7.34. The number of hydrogen-bond acceptors (Lipinski definition) is 6. The minimum Gasteiger partial charge on any atom is -0.345 e. The molecular weight excluding hydrogens is 395 g/mol. The summed E-state index contributed by atoms with van der Waals surface area (Å²) in [6, 6.07) is 6.77. The van der Waals surface area contributed by atoms with E-state index in [0.29, 0.717) is 11.7 Å². The number of thioether (sulfide) groups is 1. The Bertz CT molecular complexity index is 768. The molecule has 1 saturated heterocycles. The predicted octanol–water partition coefficient (Wildman–Crippen LogP) is 3.49. The first-order chi connectivity index (χ1) is 13.5. The van der Waals surface area contributed by atoms with E-state index in [1.165, 1.54) is 40.8 Å². The summed E-state index contributed by atoms with van der Waals surface area (Å²) < 4.78 is 13.9. The number of piperidine rings is 1. The standard InChI is InChI=1S/C20H27FN4OS2/c1-15-22-23-20(28-15)27-14-19(26)24(2)12-17-4-3-10-25(13-17)11-9-16-5-7-18(21)8-6-16/h5-8,17H,3-4,9-14H2,1-2H3. The van der Waals surface area contributed by atoms with Crippen molar-refractivity contribution in [1.29, 1.82) is 0 Å². The van der Waals surface area contributed by atoms with Crippen LogP contribution in [0.2, 0.25) is 0 Å². The number of aryl methyl sites for hydroxylation is 1. The number of nitrogens with zero attached hydrogens (tertiary/aromatic N) is 4. The number of hydrogen-bond donors (Lipinski definition) is 0. The molecule has 0 saturated carbocycles. The molecule has 0 spiro atoms. The quantitative estimate of drug-likeness (QED) is 0.610. The first kappa shape index (κ1) is 21.2. The number of likely N-dealkylation sites (tertiary alicyclic amines) is 1. The van der Waals surface area contributed by atoms with E-state index in [9.17, 15) is 9.18 Å². The van der Waals surface area contributed by atoms with Gasteiger partial charge in [-0.25, -0.2) is 4.39 Å². The molecule has 5 nitrogen and oxygen atoms in total. The van der Waals surface area contributed by atoms with Crippen LogP contribution in [-0.2, 0) is 11.2 Å². The SMILES string of the molecule is Cc1nnc(SCC(=O)N(C)CC2CCCN(CCc3ccc(F)cc3)C2)s1. The van der Waals surface area contributed by atoms with Crippen LogP contribution in [-0.4, -0.2) is 64.9 Å². The van der Waals surface area contributed by atoms with Gasteiger partial charge in [0.05, 0.1) is 5.75 Å². The fourth-order valence-corrected chi connectivity index (χ4v) is 5.26. The van der Waals surface area contributed by atoms with Crippen LogP contribution in [0.3, 0.4) is 0 Å². The third kappa shape index (κ3) is 6.53. The zero-order valence-corrected chi connectivity index (χ0v) is 18.1. The summed E-state index contributed by atoms with van der Waals surface area (Å²) in [4.78, 5) is 16.8. The van der Waals surface area contributed by atoms with Gasteiger partial charge < -0.3 is 9.80 Å². The molecule has 3 rings (SSSR count). The number of rotatable bonds is 8. The van der Waals surface area contributed by atoms with Crippen LogP contribution >= 0.6 is 23.1 Å². The van der Waals surface area contributed by atoms with Crippen molar-refractivity contribution in [3.8, 4) is 0 Å². The molecule has 28 heavy (non-hydrogen) atoms. The van der Waals surface area contributed by atoms with E-state index in [1.807, 2.05) is 31.0 Å². The number of aromatic nitrogens is 2. The van der Waals surface area contributed by atoms with Crippen molar-refractivity contribution in [2.24, 2.45) is 5.92 Å². The van der Waals surface area contributed by atoms with Crippen LogP contribution < -0.4 is 0 Å². The molecule has 1 aliphatic rings. The van der Waals surface area contributed by atoms with Gasteiger partial charge in [0.25, 0.3) is 0 Å². The maximum Gasteiger partial charge on any atom is 0.232 e. The first-order valence-corrected chi connectivity index (χ1v) is 11.4. The Morgan fingerprint density at radius 1 is 1.36 bits per heavy atom. The van der Waals surface area contributed by atoms with Gasteiger partial charge in [-0.3, -0.25) is 4.79 Å². The van der Waals surface area contributed by atoms with E-state index in [1.54, 1.807) is 0 Å². The van der Waals surface area contributed by atoms with Gasteiger partial charge in [-0.15, -0.1) is 10.2 Å². The molecule has 1 aromatic heterocycles. The van der Waals surface area contributed by atoms with Gasteiger partial charge in [0, 0.05) is 26.7 Å². The summed E-state index contributed by atoms with van der Waals surface area (Å²) >= 11 is 2.99. The highest BCUT2D eigenvalue weighted by molar-refractivity contribution is 8.01. The van der Waals surface area contributed by atoms with Crippen molar-refractivity contribution >= 4 is 29.0 Å². The Labute approximate surface area is 174 Å². The van der Waals surface area contributed by atoms with Crippen LogP contribution in [0.5, 0.6) is 0 Å². The summed E-state index contributed by atoms with van der Waals surface area (Å²) in [6.07, 6.45) is 3.25. The summed E-state index contributed by atoms with van der Waals surface area (Å²) in [7, 11) is 1.89.